The number of ether oxygens (including phenoxy) is 1. The molecule has 11 heavy (non-hydrogen) atoms. The molecule has 1 fully saturated rings. The molecule has 0 aromatic heterocycles. The minimum absolute atomic E-state index is 0.289. The lowest BCUT2D eigenvalue weighted by atomic mass is 9.86. The highest BCUT2D eigenvalue weighted by molar-refractivity contribution is 4.89. The van der Waals surface area contributed by atoms with Gasteiger partial charge < -0.3 is 10.1 Å². The van der Waals surface area contributed by atoms with E-state index in [0.717, 1.165) is 12.8 Å². The van der Waals surface area contributed by atoms with Gasteiger partial charge >= 0.3 is 0 Å². The molecule has 0 amide bonds. The highest BCUT2D eigenvalue weighted by atomic mass is 16.5. The van der Waals surface area contributed by atoms with E-state index in [-0.39, 0.29) is 5.54 Å². The zero-order valence-electron chi connectivity index (χ0n) is 7.98. The normalized spacial score (nSPS) is 45.8. The van der Waals surface area contributed by atoms with Crippen molar-refractivity contribution < 1.29 is 4.74 Å². The minimum Gasteiger partial charge on any atom is -0.375 e. The standard InChI is InChI=1S/C9H19NO/c1-7-5-9(3,10-4)6-8(2)11-7/h7-8,10H,5-6H2,1-4H3. The summed E-state index contributed by atoms with van der Waals surface area (Å²) in [5.41, 5.74) is 0.289. The van der Waals surface area contributed by atoms with E-state index in [1.807, 2.05) is 7.05 Å². The fourth-order valence-electron chi connectivity index (χ4n) is 2.05. The number of rotatable bonds is 1. The number of hydrogen-bond donors (Lipinski definition) is 1. The van der Waals surface area contributed by atoms with Crippen molar-refractivity contribution in [3.05, 3.63) is 0 Å². The van der Waals surface area contributed by atoms with E-state index in [9.17, 15) is 0 Å². The van der Waals surface area contributed by atoms with Crippen molar-refractivity contribution in [3.8, 4) is 0 Å². The van der Waals surface area contributed by atoms with Crippen LogP contribution < -0.4 is 5.32 Å². The second kappa shape index (κ2) is 3.11. The molecule has 1 saturated heterocycles. The van der Waals surface area contributed by atoms with Crippen molar-refractivity contribution >= 4 is 0 Å². The predicted octanol–water partition coefficient (Wildman–Crippen LogP) is 1.55. The molecule has 0 spiro atoms. The summed E-state index contributed by atoms with van der Waals surface area (Å²) in [4.78, 5) is 0. The lowest BCUT2D eigenvalue weighted by Gasteiger charge is -2.40. The van der Waals surface area contributed by atoms with Crippen LogP contribution in [0.4, 0.5) is 0 Å². The van der Waals surface area contributed by atoms with Gasteiger partial charge in [0.2, 0.25) is 0 Å². The van der Waals surface area contributed by atoms with E-state index >= 15 is 0 Å². The predicted molar refractivity (Wildman–Crippen MR) is 46.7 cm³/mol. The Morgan fingerprint density at radius 3 is 2.09 bits per heavy atom. The smallest absolute Gasteiger partial charge is 0.0568 e. The van der Waals surface area contributed by atoms with Gasteiger partial charge in [0, 0.05) is 5.54 Å². The van der Waals surface area contributed by atoms with Gasteiger partial charge in [0.15, 0.2) is 0 Å². The number of hydrogen-bond acceptors (Lipinski definition) is 2. The van der Waals surface area contributed by atoms with E-state index in [2.05, 4.69) is 26.1 Å². The maximum absolute atomic E-state index is 5.64. The van der Waals surface area contributed by atoms with E-state index in [1.54, 1.807) is 0 Å². The quantitative estimate of drug-likeness (QED) is 0.623. The summed E-state index contributed by atoms with van der Waals surface area (Å²) < 4.78 is 5.64. The van der Waals surface area contributed by atoms with E-state index in [1.165, 1.54) is 0 Å². The van der Waals surface area contributed by atoms with Crippen molar-refractivity contribution in [2.45, 2.75) is 51.4 Å². The highest BCUT2D eigenvalue weighted by Crippen LogP contribution is 2.27. The Balaban J connectivity index is 2.55. The molecule has 0 radical (unpaired) electrons. The van der Waals surface area contributed by atoms with Crippen molar-refractivity contribution in [1.82, 2.24) is 5.32 Å². The Hall–Kier alpha value is -0.0800. The largest absolute Gasteiger partial charge is 0.375 e. The van der Waals surface area contributed by atoms with Crippen LogP contribution in [0, 0.1) is 0 Å². The Morgan fingerprint density at radius 2 is 1.73 bits per heavy atom. The van der Waals surface area contributed by atoms with E-state index in [4.69, 9.17) is 4.74 Å². The molecule has 0 bridgehead atoms. The molecule has 2 atom stereocenters. The molecule has 1 aliphatic rings. The summed E-state index contributed by atoms with van der Waals surface area (Å²) in [7, 11) is 2.03. The van der Waals surface area contributed by atoms with E-state index in [0.29, 0.717) is 12.2 Å². The molecule has 1 aliphatic heterocycles. The highest BCUT2D eigenvalue weighted by Gasteiger charge is 2.32. The molecule has 2 heteroatoms. The summed E-state index contributed by atoms with van der Waals surface area (Å²) in [5.74, 6) is 0. The number of nitrogens with one attached hydrogen (secondary N) is 1. The molecule has 2 nitrogen and oxygen atoms in total. The van der Waals surface area contributed by atoms with Crippen LogP contribution in [-0.4, -0.2) is 24.8 Å². The third kappa shape index (κ3) is 2.17. The SMILES string of the molecule is CNC1(C)CC(C)OC(C)C1. The maximum Gasteiger partial charge on any atom is 0.0568 e. The zero-order valence-corrected chi connectivity index (χ0v) is 7.98. The molecule has 0 aromatic rings. The maximum atomic E-state index is 5.64. The fourth-order valence-corrected chi connectivity index (χ4v) is 2.05. The Labute approximate surface area is 69.3 Å². The third-order valence-corrected chi connectivity index (χ3v) is 2.54. The van der Waals surface area contributed by atoms with Crippen LogP contribution in [0.2, 0.25) is 0 Å². The first kappa shape index (κ1) is 9.01. The van der Waals surface area contributed by atoms with Gasteiger partial charge in [-0.25, -0.2) is 0 Å². The van der Waals surface area contributed by atoms with Gasteiger partial charge in [-0.2, -0.15) is 0 Å². The van der Waals surface area contributed by atoms with Crippen LogP contribution in [0.1, 0.15) is 33.6 Å². The van der Waals surface area contributed by atoms with Gasteiger partial charge in [0.25, 0.3) is 0 Å². The third-order valence-electron chi connectivity index (χ3n) is 2.54. The molecule has 1 heterocycles. The van der Waals surface area contributed by atoms with E-state index < -0.39 is 0 Å². The average molecular weight is 157 g/mol. The van der Waals surface area contributed by atoms with Crippen LogP contribution in [0.5, 0.6) is 0 Å². The topological polar surface area (TPSA) is 21.3 Å². The van der Waals surface area contributed by atoms with Crippen molar-refractivity contribution in [1.29, 1.82) is 0 Å². The first-order valence-electron chi connectivity index (χ1n) is 4.40. The monoisotopic (exact) mass is 157 g/mol. The van der Waals surface area contributed by atoms with Gasteiger partial charge in [-0.05, 0) is 40.7 Å². The molecular weight excluding hydrogens is 138 g/mol. The Kier molecular flexibility index (Phi) is 2.55. The van der Waals surface area contributed by atoms with Crippen molar-refractivity contribution in [2.75, 3.05) is 7.05 Å². The molecule has 2 unspecified atom stereocenters. The average Bonchev–Trinajstić information content (AvgIpc) is 1.84. The molecule has 0 aliphatic carbocycles. The zero-order chi connectivity index (χ0) is 8.48. The van der Waals surface area contributed by atoms with Crippen LogP contribution >= 0.6 is 0 Å². The summed E-state index contributed by atoms with van der Waals surface area (Å²) in [6.07, 6.45) is 3.04. The first-order valence-corrected chi connectivity index (χ1v) is 4.40. The molecule has 1 N–H and O–H groups in total. The Morgan fingerprint density at radius 1 is 1.27 bits per heavy atom. The summed E-state index contributed by atoms with van der Waals surface area (Å²) in [6.45, 7) is 6.55. The van der Waals surface area contributed by atoms with Gasteiger partial charge in [-0.1, -0.05) is 0 Å². The Bertz CT molecular complexity index is 126. The van der Waals surface area contributed by atoms with Gasteiger partial charge in [-0.3, -0.25) is 0 Å². The summed E-state index contributed by atoms with van der Waals surface area (Å²) in [6, 6.07) is 0. The molecule has 1 rings (SSSR count). The summed E-state index contributed by atoms with van der Waals surface area (Å²) in [5, 5.41) is 3.36. The fraction of sp³-hybridized carbons (Fsp3) is 1.00. The molecular formula is C9H19NO. The lowest BCUT2D eigenvalue weighted by molar-refractivity contribution is -0.0631. The van der Waals surface area contributed by atoms with Crippen molar-refractivity contribution in [2.24, 2.45) is 0 Å². The second-order valence-corrected chi connectivity index (χ2v) is 3.98. The van der Waals surface area contributed by atoms with Gasteiger partial charge in [0.1, 0.15) is 0 Å². The molecule has 66 valence electrons. The minimum atomic E-state index is 0.289. The second-order valence-electron chi connectivity index (χ2n) is 3.98. The van der Waals surface area contributed by atoms with Crippen molar-refractivity contribution in [3.63, 3.8) is 0 Å². The van der Waals surface area contributed by atoms with Gasteiger partial charge in [-0.15, -0.1) is 0 Å². The van der Waals surface area contributed by atoms with Gasteiger partial charge in [0.05, 0.1) is 12.2 Å². The molecule has 0 aromatic carbocycles. The van der Waals surface area contributed by atoms with Crippen LogP contribution in [0.25, 0.3) is 0 Å². The van der Waals surface area contributed by atoms with Crippen LogP contribution in [0.3, 0.4) is 0 Å². The lowest BCUT2D eigenvalue weighted by Crippen LogP contribution is -2.49. The summed E-state index contributed by atoms with van der Waals surface area (Å²) >= 11 is 0. The van der Waals surface area contributed by atoms with Crippen LogP contribution in [-0.2, 0) is 4.74 Å². The molecule has 0 saturated carbocycles. The van der Waals surface area contributed by atoms with Crippen LogP contribution in [0.15, 0.2) is 0 Å². The first-order chi connectivity index (χ1) is 5.06.